The smallest absolute Gasteiger partial charge is 0.407 e. The molecule has 1 aliphatic heterocycles. The van der Waals surface area contributed by atoms with E-state index in [0.717, 1.165) is 46.2 Å². The number of amides is 1. The molecule has 0 bridgehead atoms. The van der Waals surface area contributed by atoms with Crippen molar-refractivity contribution in [3.8, 4) is 0 Å². The first-order chi connectivity index (χ1) is 17.1. The molecule has 0 atom stereocenters. The second kappa shape index (κ2) is 9.73. The maximum atomic E-state index is 11.3. The molecule has 2 N–H and O–H groups in total. The zero-order valence-corrected chi connectivity index (χ0v) is 20.1. The van der Waals surface area contributed by atoms with Gasteiger partial charge in [0.2, 0.25) is 5.95 Å². The van der Waals surface area contributed by atoms with Gasteiger partial charge in [-0.25, -0.2) is 9.78 Å². The Hall–Kier alpha value is -3.95. The van der Waals surface area contributed by atoms with Crippen LogP contribution in [-0.2, 0) is 6.54 Å². The molecular weight excluding hydrogens is 444 g/mol. The zero-order valence-electron chi connectivity index (χ0n) is 20.1. The first kappa shape index (κ1) is 22.8. The highest BCUT2D eigenvalue weighted by Crippen LogP contribution is 2.29. The molecule has 10 nitrogen and oxygen atoms in total. The van der Waals surface area contributed by atoms with Crippen LogP contribution in [0.3, 0.4) is 0 Å². The van der Waals surface area contributed by atoms with Crippen molar-refractivity contribution in [1.82, 2.24) is 29.6 Å². The molecule has 4 heterocycles. The maximum Gasteiger partial charge on any atom is 0.407 e. The highest BCUT2D eigenvalue weighted by molar-refractivity contribution is 5.87. The van der Waals surface area contributed by atoms with Gasteiger partial charge in [-0.2, -0.15) is 10.1 Å². The molecule has 0 radical (unpaired) electrons. The number of rotatable bonds is 7. The Morgan fingerprint density at radius 2 is 1.83 bits per heavy atom. The van der Waals surface area contributed by atoms with Gasteiger partial charge in [-0.05, 0) is 30.5 Å². The van der Waals surface area contributed by atoms with Gasteiger partial charge in [0.05, 0.1) is 17.8 Å². The second-order valence-corrected chi connectivity index (χ2v) is 8.81. The molecule has 1 aliphatic rings. The van der Waals surface area contributed by atoms with Gasteiger partial charge in [0.15, 0.2) is 5.82 Å². The summed E-state index contributed by atoms with van der Waals surface area (Å²) in [5.74, 6) is 1.31. The van der Waals surface area contributed by atoms with E-state index in [1.807, 2.05) is 34.0 Å². The Bertz CT molecular complexity index is 1340. The van der Waals surface area contributed by atoms with Crippen LogP contribution in [0, 0.1) is 0 Å². The van der Waals surface area contributed by atoms with Crippen LogP contribution >= 0.6 is 0 Å². The largest absolute Gasteiger partial charge is 0.465 e. The third-order valence-electron chi connectivity index (χ3n) is 6.66. The molecule has 1 saturated heterocycles. The van der Waals surface area contributed by atoms with Gasteiger partial charge in [0.25, 0.3) is 0 Å². The first-order valence-corrected chi connectivity index (χ1v) is 12.1. The van der Waals surface area contributed by atoms with E-state index in [9.17, 15) is 9.90 Å². The average molecular weight is 475 g/mol. The number of carboxylic acid groups (broad SMARTS) is 1. The minimum atomic E-state index is -0.890. The quantitative estimate of drug-likeness (QED) is 0.411. The second-order valence-electron chi connectivity index (χ2n) is 8.81. The molecule has 5 rings (SSSR count). The lowest BCUT2D eigenvalue weighted by Gasteiger charge is -2.33. The number of nitrogens with zero attached hydrogens (tertiary/aromatic N) is 7. The summed E-state index contributed by atoms with van der Waals surface area (Å²) in [4.78, 5) is 29.1. The summed E-state index contributed by atoms with van der Waals surface area (Å²) in [5, 5.41) is 18.6. The van der Waals surface area contributed by atoms with Crippen LogP contribution in [0.4, 0.5) is 16.6 Å². The molecule has 1 amide bonds. The first-order valence-electron chi connectivity index (χ1n) is 12.1. The predicted molar refractivity (Wildman–Crippen MR) is 136 cm³/mol. The van der Waals surface area contributed by atoms with Crippen molar-refractivity contribution in [3.05, 3.63) is 48.3 Å². The number of hydrogen-bond acceptors (Lipinski definition) is 7. The molecule has 10 heteroatoms. The molecule has 3 aromatic heterocycles. The Labute approximate surface area is 203 Å². The van der Waals surface area contributed by atoms with Crippen molar-refractivity contribution in [2.45, 2.75) is 39.3 Å². The van der Waals surface area contributed by atoms with Gasteiger partial charge >= 0.3 is 6.09 Å². The van der Waals surface area contributed by atoms with Crippen LogP contribution in [-0.4, -0.2) is 67.0 Å². The number of pyridine rings is 1. The number of fused-ring (bicyclic) bond motifs is 2. The summed E-state index contributed by atoms with van der Waals surface area (Å²) < 4.78 is 2.03. The van der Waals surface area contributed by atoms with Crippen LogP contribution in [0.2, 0.25) is 0 Å². The van der Waals surface area contributed by atoms with E-state index in [1.54, 1.807) is 6.20 Å². The monoisotopic (exact) mass is 474 g/mol. The third-order valence-corrected chi connectivity index (χ3v) is 6.66. The lowest BCUT2D eigenvalue weighted by Crippen LogP contribution is -2.48. The lowest BCUT2D eigenvalue weighted by atomic mass is 10.1. The molecule has 4 aromatic rings. The molecule has 0 unspecified atom stereocenters. The van der Waals surface area contributed by atoms with Crippen LogP contribution in [0.1, 0.15) is 38.3 Å². The highest BCUT2D eigenvalue weighted by atomic mass is 16.4. The minimum Gasteiger partial charge on any atom is -0.465 e. The standard InChI is InChI=1S/C25H30N8O2/c1-3-19(4-2)33-22-21(16-28-33)29-24(31-9-11-32(12-10-31)25(34)35)30-23(22)27-15-17-13-18-7-5-6-8-20(18)26-14-17/h5-8,13-14,16,19H,3-4,9-12,15H2,1-2H3,(H,34,35)(H,27,29,30). The number of nitrogens with one attached hydrogen (secondary N) is 1. The normalized spacial score (nSPS) is 14.3. The van der Waals surface area contributed by atoms with Crippen LogP contribution in [0.15, 0.2) is 42.7 Å². The van der Waals surface area contributed by atoms with Crippen molar-refractivity contribution in [2.24, 2.45) is 0 Å². The van der Waals surface area contributed by atoms with E-state index in [4.69, 9.17) is 9.97 Å². The fourth-order valence-electron chi connectivity index (χ4n) is 4.62. The number of hydrogen-bond donors (Lipinski definition) is 2. The van der Waals surface area contributed by atoms with Gasteiger partial charge in [-0.3, -0.25) is 9.67 Å². The van der Waals surface area contributed by atoms with Crippen molar-refractivity contribution in [2.75, 3.05) is 36.4 Å². The Kier molecular flexibility index (Phi) is 6.35. The third kappa shape index (κ3) is 4.55. The van der Waals surface area contributed by atoms with Crippen molar-refractivity contribution >= 4 is 39.8 Å². The van der Waals surface area contributed by atoms with Crippen LogP contribution in [0.5, 0.6) is 0 Å². The number of benzene rings is 1. The SMILES string of the molecule is CCC(CC)n1ncc2nc(N3CCN(C(=O)O)CC3)nc(NCc3cnc4ccccc4c3)c21. The summed E-state index contributed by atoms with van der Waals surface area (Å²) in [6.45, 7) is 6.83. The van der Waals surface area contributed by atoms with Gasteiger partial charge in [-0.1, -0.05) is 32.0 Å². The Morgan fingerprint density at radius 3 is 2.57 bits per heavy atom. The molecule has 1 fully saturated rings. The number of carbonyl (C=O) groups is 1. The average Bonchev–Trinajstić information content (AvgIpc) is 3.32. The molecule has 1 aromatic carbocycles. The van der Waals surface area contributed by atoms with E-state index in [-0.39, 0.29) is 6.04 Å². The van der Waals surface area contributed by atoms with Gasteiger partial charge in [0.1, 0.15) is 11.0 Å². The summed E-state index contributed by atoms with van der Waals surface area (Å²) in [6, 6.07) is 10.5. The Balaban J connectivity index is 1.48. The van der Waals surface area contributed by atoms with Gasteiger partial charge < -0.3 is 20.2 Å². The van der Waals surface area contributed by atoms with Crippen molar-refractivity contribution in [1.29, 1.82) is 0 Å². The van der Waals surface area contributed by atoms with E-state index in [0.29, 0.717) is 38.7 Å². The fourth-order valence-corrected chi connectivity index (χ4v) is 4.62. The summed E-state index contributed by atoms with van der Waals surface area (Å²) in [6.07, 6.45) is 4.71. The summed E-state index contributed by atoms with van der Waals surface area (Å²) >= 11 is 0. The van der Waals surface area contributed by atoms with E-state index in [2.05, 4.69) is 41.4 Å². The van der Waals surface area contributed by atoms with Crippen LogP contribution in [0.25, 0.3) is 21.9 Å². The highest BCUT2D eigenvalue weighted by Gasteiger charge is 2.24. The maximum absolute atomic E-state index is 11.3. The molecule has 0 spiro atoms. The van der Waals surface area contributed by atoms with E-state index in [1.165, 1.54) is 4.90 Å². The van der Waals surface area contributed by atoms with Crippen LogP contribution < -0.4 is 10.2 Å². The number of piperazine rings is 1. The molecule has 0 saturated carbocycles. The van der Waals surface area contributed by atoms with Gasteiger partial charge in [0, 0.05) is 44.3 Å². The topological polar surface area (TPSA) is 112 Å². The molecule has 35 heavy (non-hydrogen) atoms. The molecular formula is C25H30N8O2. The molecule has 182 valence electrons. The lowest BCUT2D eigenvalue weighted by molar-refractivity contribution is 0.142. The molecule has 0 aliphatic carbocycles. The zero-order chi connectivity index (χ0) is 24.4. The summed E-state index contributed by atoms with van der Waals surface area (Å²) in [7, 11) is 0. The van der Waals surface area contributed by atoms with Crippen molar-refractivity contribution < 1.29 is 9.90 Å². The van der Waals surface area contributed by atoms with E-state index >= 15 is 0 Å². The number of anilines is 2. The minimum absolute atomic E-state index is 0.254. The fraction of sp³-hybridized carbons (Fsp3) is 0.400. The number of para-hydroxylation sites is 1. The Morgan fingerprint density at radius 1 is 1.06 bits per heavy atom. The number of aromatic nitrogens is 5. The van der Waals surface area contributed by atoms with Crippen molar-refractivity contribution in [3.63, 3.8) is 0 Å². The van der Waals surface area contributed by atoms with E-state index < -0.39 is 6.09 Å². The van der Waals surface area contributed by atoms with Gasteiger partial charge in [-0.15, -0.1) is 0 Å². The predicted octanol–water partition coefficient (Wildman–Crippen LogP) is 4.15. The summed E-state index contributed by atoms with van der Waals surface area (Å²) in [5.41, 5.74) is 3.69.